The van der Waals surface area contributed by atoms with Crippen LogP contribution in [0.2, 0.25) is 0 Å². The van der Waals surface area contributed by atoms with E-state index in [1.807, 2.05) is 0 Å². The van der Waals surface area contributed by atoms with E-state index < -0.39 is 11.6 Å². The van der Waals surface area contributed by atoms with Gasteiger partial charge in [-0.05, 0) is 18.2 Å². The van der Waals surface area contributed by atoms with Crippen LogP contribution in [-0.2, 0) is 0 Å². The van der Waals surface area contributed by atoms with Crippen LogP contribution >= 0.6 is 0 Å². The zero-order chi connectivity index (χ0) is 12.3. The maximum atomic E-state index is 13.0. The van der Waals surface area contributed by atoms with Crippen LogP contribution < -0.4 is 10.6 Å². The summed E-state index contributed by atoms with van der Waals surface area (Å²) in [6.07, 6.45) is 1.56. The average Bonchev–Trinajstić information content (AvgIpc) is 2.34. The molecule has 88 valence electrons. The summed E-state index contributed by atoms with van der Waals surface area (Å²) in [5, 5.41) is 5.63. The molecule has 17 heavy (non-hydrogen) atoms. The fraction of sp³-hybridized carbons (Fsp3) is 0.0909. The summed E-state index contributed by atoms with van der Waals surface area (Å²) in [6.45, 7) is 0. The molecule has 1 aromatic heterocycles. The van der Waals surface area contributed by atoms with Crippen molar-refractivity contribution in [3.8, 4) is 0 Å². The summed E-state index contributed by atoms with van der Waals surface area (Å²) in [7, 11) is 1.69. The quantitative estimate of drug-likeness (QED) is 0.859. The minimum atomic E-state index is -0.905. The van der Waals surface area contributed by atoms with E-state index in [2.05, 4.69) is 20.6 Å². The lowest BCUT2D eigenvalue weighted by molar-refractivity contribution is 0.509. The van der Waals surface area contributed by atoms with Crippen molar-refractivity contribution in [3.63, 3.8) is 0 Å². The first-order valence-electron chi connectivity index (χ1n) is 4.92. The average molecular weight is 236 g/mol. The van der Waals surface area contributed by atoms with Crippen molar-refractivity contribution in [1.29, 1.82) is 0 Å². The first-order valence-corrected chi connectivity index (χ1v) is 4.92. The smallest absolute Gasteiger partial charge is 0.224 e. The molecule has 0 radical (unpaired) electrons. The molecule has 6 heteroatoms. The molecule has 0 atom stereocenters. The van der Waals surface area contributed by atoms with Gasteiger partial charge in [0.05, 0.1) is 0 Å². The van der Waals surface area contributed by atoms with Gasteiger partial charge in [0.1, 0.15) is 5.82 Å². The number of nitrogens with zero attached hydrogens (tertiary/aromatic N) is 2. The lowest BCUT2D eigenvalue weighted by Gasteiger charge is -2.06. The van der Waals surface area contributed by atoms with E-state index in [4.69, 9.17) is 0 Å². The van der Waals surface area contributed by atoms with Crippen molar-refractivity contribution in [2.24, 2.45) is 0 Å². The van der Waals surface area contributed by atoms with E-state index >= 15 is 0 Å². The third-order valence-corrected chi connectivity index (χ3v) is 2.07. The summed E-state index contributed by atoms with van der Waals surface area (Å²) in [4.78, 5) is 8.02. The molecule has 0 unspecified atom stereocenters. The molecule has 0 bridgehead atoms. The standard InChI is InChI=1S/C11H10F2N4/c1-14-11-15-5-4-10(17-11)16-7-2-3-8(12)9(13)6-7/h2-6H,1H3,(H2,14,15,16,17). The molecular formula is C11H10F2N4. The summed E-state index contributed by atoms with van der Waals surface area (Å²) in [5.74, 6) is -0.847. The number of aromatic nitrogens is 2. The zero-order valence-corrected chi connectivity index (χ0v) is 9.04. The lowest BCUT2D eigenvalue weighted by Crippen LogP contribution is -2.00. The Labute approximate surface area is 96.7 Å². The van der Waals surface area contributed by atoms with Crippen LogP contribution in [0.1, 0.15) is 0 Å². The van der Waals surface area contributed by atoms with Gasteiger partial charge in [-0.25, -0.2) is 13.8 Å². The van der Waals surface area contributed by atoms with Crippen LogP contribution in [0.4, 0.5) is 26.2 Å². The molecule has 0 aliphatic rings. The van der Waals surface area contributed by atoms with Crippen molar-refractivity contribution >= 4 is 17.5 Å². The number of hydrogen-bond donors (Lipinski definition) is 2. The van der Waals surface area contributed by atoms with E-state index in [-0.39, 0.29) is 0 Å². The van der Waals surface area contributed by atoms with Gasteiger partial charge in [-0.15, -0.1) is 0 Å². The van der Waals surface area contributed by atoms with Gasteiger partial charge in [0.2, 0.25) is 5.95 Å². The topological polar surface area (TPSA) is 49.8 Å². The van der Waals surface area contributed by atoms with Crippen LogP contribution in [0.3, 0.4) is 0 Å². The molecule has 0 fully saturated rings. The Kier molecular flexibility index (Phi) is 3.13. The fourth-order valence-electron chi connectivity index (χ4n) is 1.27. The molecule has 4 nitrogen and oxygen atoms in total. The van der Waals surface area contributed by atoms with Gasteiger partial charge in [-0.3, -0.25) is 0 Å². The Hall–Kier alpha value is -2.24. The number of rotatable bonds is 3. The maximum Gasteiger partial charge on any atom is 0.224 e. The van der Waals surface area contributed by atoms with E-state index in [9.17, 15) is 8.78 Å². The van der Waals surface area contributed by atoms with Crippen molar-refractivity contribution < 1.29 is 8.78 Å². The molecule has 2 rings (SSSR count). The maximum absolute atomic E-state index is 13.0. The molecule has 0 spiro atoms. The fourth-order valence-corrected chi connectivity index (χ4v) is 1.27. The van der Waals surface area contributed by atoms with Gasteiger partial charge in [0.15, 0.2) is 11.6 Å². The summed E-state index contributed by atoms with van der Waals surface area (Å²) < 4.78 is 25.7. The molecule has 0 aliphatic carbocycles. The van der Waals surface area contributed by atoms with Gasteiger partial charge in [0, 0.05) is 25.0 Å². The normalized spacial score (nSPS) is 10.1. The van der Waals surface area contributed by atoms with Gasteiger partial charge >= 0.3 is 0 Å². The van der Waals surface area contributed by atoms with E-state index in [1.165, 1.54) is 6.07 Å². The first kappa shape index (κ1) is 11.3. The highest BCUT2D eigenvalue weighted by molar-refractivity contribution is 5.56. The Balaban J connectivity index is 2.22. The predicted molar refractivity (Wildman–Crippen MR) is 61.2 cm³/mol. The highest BCUT2D eigenvalue weighted by Gasteiger charge is 2.03. The molecule has 2 N–H and O–H groups in total. The van der Waals surface area contributed by atoms with Crippen molar-refractivity contribution in [1.82, 2.24) is 9.97 Å². The van der Waals surface area contributed by atoms with Gasteiger partial charge in [-0.1, -0.05) is 0 Å². The molecule has 0 amide bonds. The summed E-state index contributed by atoms with van der Waals surface area (Å²) in [6, 6.07) is 5.18. The van der Waals surface area contributed by atoms with Crippen LogP contribution in [0, 0.1) is 11.6 Å². The number of halogens is 2. The number of benzene rings is 1. The lowest BCUT2D eigenvalue weighted by atomic mass is 10.3. The number of anilines is 3. The second-order valence-corrected chi connectivity index (χ2v) is 3.27. The molecule has 0 aliphatic heterocycles. The molecule has 1 heterocycles. The molecule has 2 aromatic rings. The second kappa shape index (κ2) is 4.73. The van der Waals surface area contributed by atoms with Crippen molar-refractivity contribution in [2.45, 2.75) is 0 Å². The molecule has 0 saturated heterocycles. The van der Waals surface area contributed by atoms with Crippen LogP contribution in [0.5, 0.6) is 0 Å². The summed E-state index contributed by atoms with van der Waals surface area (Å²) in [5.41, 5.74) is 0.421. The predicted octanol–water partition coefficient (Wildman–Crippen LogP) is 2.54. The van der Waals surface area contributed by atoms with Gasteiger partial charge in [-0.2, -0.15) is 4.98 Å². The van der Waals surface area contributed by atoms with E-state index in [1.54, 1.807) is 19.3 Å². The largest absolute Gasteiger partial charge is 0.357 e. The van der Waals surface area contributed by atoms with Gasteiger partial charge in [0.25, 0.3) is 0 Å². The zero-order valence-electron chi connectivity index (χ0n) is 9.04. The monoisotopic (exact) mass is 236 g/mol. The Morgan fingerprint density at radius 2 is 1.94 bits per heavy atom. The van der Waals surface area contributed by atoms with Crippen LogP contribution in [0.15, 0.2) is 30.5 Å². The molecular weight excluding hydrogens is 226 g/mol. The van der Waals surface area contributed by atoms with Crippen LogP contribution in [0.25, 0.3) is 0 Å². The Bertz CT molecular complexity index is 531. The highest BCUT2D eigenvalue weighted by Crippen LogP contribution is 2.17. The second-order valence-electron chi connectivity index (χ2n) is 3.27. The van der Waals surface area contributed by atoms with E-state index in [0.29, 0.717) is 17.5 Å². The van der Waals surface area contributed by atoms with Crippen molar-refractivity contribution in [2.75, 3.05) is 17.7 Å². The van der Waals surface area contributed by atoms with E-state index in [0.717, 1.165) is 12.1 Å². The van der Waals surface area contributed by atoms with Crippen LogP contribution in [-0.4, -0.2) is 17.0 Å². The summed E-state index contributed by atoms with van der Waals surface area (Å²) >= 11 is 0. The van der Waals surface area contributed by atoms with Gasteiger partial charge < -0.3 is 10.6 Å². The Morgan fingerprint density at radius 3 is 2.65 bits per heavy atom. The highest BCUT2D eigenvalue weighted by atomic mass is 19.2. The third kappa shape index (κ3) is 2.66. The minimum Gasteiger partial charge on any atom is -0.357 e. The van der Waals surface area contributed by atoms with Crippen molar-refractivity contribution in [3.05, 3.63) is 42.1 Å². The minimum absolute atomic E-state index is 0.421. The molecule has 0 saturated carbocycles. The SMILES string of the molecule is CNc1nccc(Nc2ccc(F)c(F)c2)n1. The number of hydrogen-bond acceptors (Lipinski definition) is 4. The Morgan fingerprint density at radius 1 is 1.12 bits per heavy atom. The first-order chi connectivity index (χ1) is 8.19. The number of nitrogens with one attached hydrogen (secondary N) is 2. The molecule has 1 aromatic carbocycles. The third-order valence-electron chi connectivity index (χ3n) is 2.07.